The van der Waals surface area contributed by atoms with Gasteiger partial charge in [-0.2, -0.15) is 0 Å². The Bertz CT molecular complexity index is 459. The van der Waals surface area contributed by atoms with E-state index in [1.165, 1.54) is 6.92 Å². The Morgan fingerprint density at radius 2 is 2.00 bits per heavy atom. The van der Waals surface area contributed by atoms with Crippen LogP contribution in [0.25, 0.3) is 0 Å². The fourth-order valence-electron chi connectivity index (χ4n) is 3.13. The number of hydrogen-bond acceptors (Lipinski definition) is 3. The van der Waals surface area contributed by atoms with Gasteiger partial charge < -0.3 is 20.4 Å². The van der Waals surface area contributed by atoms with Crippen molar-refractivity contribution in [2.75, 3.05) is 32.7 Å². The monoisotopic (exact) mass is 325 g/mol. The second-order valence-corrected chi connectivity index (χ2v) is 6.74. The number of piperazine rings is 1. The first-order valence-electron chi connectivity index (χ1n) is 8.29. The van der Waals surface area contributed by atoms with E-state index in [2.05, 4.69) is 29.5 Å². The number of carbonyl (C=O) groups is 2. The molecule has 0 aromatic rings. The lowest BCUT2D eigenvalue weighted by molar-refractivity contribution is -0.145. The molecule has 1 rings (SSSR count). The minimum absolute atomic E-state index is 0.0629. The average Bonchev–Trinajstić information content (AvgIpc) is 2.39. The van der Waals surface area contributed by atoms with Crippen LogP contribution < -0.4 is 10.6 Å². The maximum absolute atomic E-state index is 12.5. The molecule has 2 amide bonds. The Labute approximate surface area is 139 Å². The maximum atomic E-state index is 12.5. The zero-order chi connectivity index (χ0) is 17.6. The highest BCUT2D eigenvalue weighted by Crippen LogP contribution is 2.24. The summed E-state index contributed by atoms with van der Waals surface area (Å²) in [5.74, 6) is 0.776. The lowest BCUT2D eigenvalue weighted by Gasteiger charge is -2.49. The molecule has 7 heteroatoms. The summed E-state index contributed by atoms with van der Waals surface area (Å²) in [4.78, 5) is 31.9. The molecule has 0 spiro atoms. The fourth-order valence-corrected chi connectivity index (χ4v) is 3.13. The Balaban J connectivity index is 2.82. The first-order valence-corrected chi connectivity index (χ1v) is 8.29. The molecule has 0 aromatic heterocycles. The zero-order valence-electron chi connectivity index (χ0n) is 15.3. The van der Waals surface area contributed by atoms with Crippen LogP contribution >= 0.6 is 0 Å². The van der Waals surface area contributed by atoms with E-state index in [1.807, 2.05) is 30.6 Å². The van der Waals surface area contributed by atoms with Gasteiger partial charge in [0, 0.05) is 32.6 Å². The molecule has 1 fully saturated rings. The van der Waals surface area contributed by atoms with Crippen molar-refractivity contribution in [3.63, 3.8) is 0 Å². The quantitative estimate of drug-likeness (QED) is 0.436. The van der Waals surface area contributed by atoms with Crippen molar-refractivity contribution in [2.45, 2.75) is 53.1 Å². The highest BCUT2D eigenvalue weighted by molar-refractivity contribution is 5.88. The molecule has 0 aliphatic carbocycles. The van der Waals surface area contributed by atoms with E-state index >= 15 is 0 Å². The molecule has 0 atom stereocenters. The summed E-state index contributed by atoms with van der Waals surface area (Å²) in [6, 6.07) is 0.180. The molecule has 2 N–H and O–H groups in total. The van der Waals surface area contributed by atoms with Gasteiger partial charge >= 0.3 is 0 Å². The molecule has 23 heavy (non-hydrogen) atoms. The van der Waals surface area contributed by atoms with E-state index < -0.39 is 0 Å². The SMILES string of the molecule is CCNC(=NCCNC(C)=O)N1CC(=O)N(C(C)C)C(C)(C)C1. The maximum Gasteiger partial charge on any atom is 0.242 e. The van der Waals surface area contributed by atoms with Crippen molar-refractivity contribution in [2.24, 2.45) is 4.99 Å². The molecule has 0 aromatic carbocycles. The summed E-state index contributed by atoms with van der Waals surface area (Å²) in [6.45, 7) is 14.5. The van der Waals surface area contributed by atoms with Crippen LogP contribution in [0.4, 0.5) is 0 Å². The summed E-state index contributed by atoms with van der Waals surface area (Å²) in [6.07, 6.45) is 0. The third-order valence-electron chi connectivity index (χ3n) is 3.72. The molecular weight excluding hydrogens is 294 g/mol. The van der Waals surface area contributed by atoms with Crippen LogP contribution in [0.3, 0.4) is 0 Å². The standard InChI is InChI=1S/C16H31N5O2/c1-7-17-15(19-9-8-18-13(4)22)20-10-14(23)21(12(2)3)16(5,6)11-20/h12H,7-11H2,1-6H3,(H,17,19)(H,18,22). The molecule has 0 saturated carbocycles. The summed E-state index contributed by atoms with van der Waals surface area (Å²) in [7, 11) is 0. The second kappa shape index (κ2) is 8.17. The van der Waals surface area contributed by atoms with Gasteiger partial charge in [0.25, 0.3) is 0 Å². The summed E-state index contributed by atoms with van der Waals surface area (Å²) in [5, 5.41) is 5.96. The number of aliphatic imine (C=N–C) groups is 1. The van der Waals surface area contributed by atoms with Crippen LogP contribution in [0.15, 0.2) is 4.99 Å². The molecule has 1 aliphatic heterocycles. The molecule has 0 radical (unpaired) electrons. The predicted octanol–water partition coefficient (Wildman–Crippen LogP) is 0.419. The highest BCUT2D eigenvalue weighted by Gasteiger charge is 2.40. The van der Waals surface area contributed by atoms with Gasteiger partial charge in [-0.25, -0.2) is 0 Å². The van der Waals surface area contributed by atoms with Crippen LogP contribution in [0.5, 0.6) is 0 Å². The molecular formula is C16H31N5O2. The first-order chi connectivity index (χ1) is 10.7. The van der Waals surface area contributed by atoms with Gasteiger partial charge in [0.1, 0.15) is 0 Å². The lowest BCUT2D eigenvalue weighted by Crippen LogP contribution is -2.66. The van der Waals surface area contributed by atoms with Gasteiger partial charge in [0.05, 0.1) is 18.6 Å². The fraction of sp³-hybridized carbons (Fsp3) is 0.812. The topological polar surface area (TPSA) is 77.0 Å². The van der Waals surface area contributed by atoms with Crippen LogP contribution in [-0.4, -0.2) is 71.9 Å². The number of nitrogens with one attached hydrogen (secondary N) is 2. The van der Waals surface area contributed by atoms with E-state index in [9.17, 15) is 9.59 Å². The summed E-state index contributed by atoms with van der Waals surface area (Å²) < 4.78 is 0. The van der Waals surface area contributed by atoms with Gasteiger partial charge in [0.15, 0.2) is 5.96 Å². The number of guanidine groups is 1. The minimum atomic E-state index is -0.253. The lowest BCUT2D eigenvalue weighted by atomic mass is 9.96. The van der Waals surface area contributed by atoms with Crippen molar-refractivity contribution in [3.8, 4) is 0 Å². The summed E-state index contributed by atoms with van der Waals surface area (Å²) in [5.41, 5.74) is -0.253. The van der Waals surface area contributed by atoms with Gasteiger partial charge in [-0.15, -0.1) is 0 Å². The van der Waals surface area contributed by atoms with Gasteiger partial charge in [-0.3, -0.25) is 14.6 Å². The highest BCUT2D eigenvalue weighted by atomic mass is 16.2. The number of nitrogens with zero attached hydrogens (tertiary/aromatic N) is 3. The third kappa shape index (κ3) is 5.41. The number of hydrogen-bond donors (Lipinski definition) is 2. The Morgan fingerprint density at radius 1 is 1.35 bits per heavy atom. The minimum Gasteiger partial charge on any atom is -0.357 e. The molecule has 7 nitrogen and oxygen atoms in total. The molecule has 0 unspecified atom stereocenters. The summed E-state index contributed by atoms with van der Waals surface area (Å²) >= 11 is 0. The van der Waals surface area contributed by atoms with Crippen molar-refractivity contribution in [3.05, 3.63) is 0 Å². The van der Waals surface area contributed by atoms with Crippen molar-refractivity contribution in [1.29, 1.82) is 0 Å². The Morgan fingerprint density at radius 3 is 2.48 bits per heavy atom. The average molecular weight is 325 g/mol. The van der Waals surface area contributed by atoms with Gasteiger partial charge in [0.2, 0.25) is 11.8 Å². The van der Waals surface area contributed by atoms with E-state index in [0.717, 1.165) is 19.0 Å². The van der Waals surface area contributed by atoms with E-state index in [1.54, 1.807) is 0 Å². The van der Waals surface area contributed by atoms with Crippen LogP contribution in [0.2, 0.25) is 0 Å². The Kier molecular flexibility index (Phi) is 6.84. The largest absolute Gasteiger partial charge is 0.357 e. The first kappa shape index (κ1) is 19.3. The van der Waals surface area contributed by atoms with Crippen LogP contribution in [-0.2, 0) is 9.59 Å². The third-order valence-corrected chi connectivity index (χ3v) is 3.72. The predicted molar refractivity (Wildman–Crippen MR) is 92.3 cm³/mol. The van der Waals surface area contributed by atoms with Gasteiger partial charge in [-0.1, -0.05) is 0 Å². The van der Waals surface area contributed by atoms with Crippen molar-refractivity contribution in [1.82, 2.24) is 20.4 Å². The smallest absolute Gasteiger partial charge is 0.242 e. The Hall–Kier alpha value is -1.79. The zero-order valence-corrected chi connectivity index (χ0v) is 15.3. The number of rotatable bonds is 5. The van der Waals surface area contributed by atoms with Crippen molar-refractivity contribution < 1.29 is 9.59 Å². The van der Waals surface area contributed by atoms with Crippen LogP contribution in [0.1, 0.15) is 41.5 Å². The van der Waals surface area contributed by atoms with Gasteiger partial charge in [-0.05, 0) is 34.6 Å². The number of carbonyl (C=O) groups excluding carboxylic acids is 2. The molecule has 132 valence electrons. The van der Waals surface area contributed by atoms with Crippen LogP contribution in [0, 0.1) is 0 Å². The van der Waals surface area contributed by atoms with E-state index in [-0.39, 0.29) is 23.4 Å². The van der Waals surface area contributed by atoms with Crippen molar-refractivity contribution >= 4 is 17.8 Å². The second-order valence-electron chi connectivity index (χ2n) is 6.74. The molecule has 1 heterocycles. The molecule has 1 saturated heterocycles. The molecule has 0 bridgehead atoms. The van der Waals surface area contributed by atoms with E-state index in [0.29, 0.717) is 19.6 Å². The number of amides is 2. The normalized spacial score (nSPS) is 18.4. The molecule has 1 aliphatic rings. The van der Waals surface area contributed by atoms with E-state index in [4.69, 9.17) is 0 Å².